The number of aryl methyl sites for hydroxylation is 2. The van der Waals surface area contributed by atoms with E-state index in [9.17, 15) is 4.79 Å². The molecule has 1 aliphatic heterocycles. The summed E-state index contributed by atoms with van der Waals surface area (Å²) in [6.45, 7) is 7.83. The van der Waals surface area contributed by atoms with Crippen molar-refractivity contribution in [2.24, 2.45) is 0 Å². The molecule has 1 saturated heterocycles. The highest BCUT2D eigenvalue weighted by molar-refractivity contribution is 5.66. The van der Waals surface area contributed by atoms with Crippen molar-refractivity contribution < 1.29 is 4.74 Å². The van der Waals surface area contributed by atoms with E-state index in [1.165, 1.54) is 29.7 Å². The van der Waals surface area contributed by atoms with Gasteiger partial charge < -0.3 is 4.74 Å². The number of nitrogens with zero attached hydrogens (tertiary/aromatic N) is 6. The third-order valence-electron chi connectivity index (χ3n) is 6.01. The van der Waals surface area contributed by atoms with Gasteiger partial charge in [-0.3, -0.25) is 19.1 Å². The minimum Gasteiger partial charge on any atom is -0.491 e. The number of ether oxygens (including phenoxy) is 1. The molecular weight excluding hydrogens is 404 g/mol. The van der Waals surface area contributed by atoms with Gasteiger partial charge in [0.2, 0.25) is 0 Å². The van der Waals surface area contributed by atoms with Gasteiger partial charge in [0.15, 0.2) is 0 Å². The Balaban J connectivity index is 1.40. The Morgan fingerprint density at radius 1 is 1.03 bits per heavy atom. The van der Waals surface area contributed by atoms with Crippen LogP contribution in [-0.4, -0.2) is 55.1 Å². The van der Waals surface area contributed by atoms with E-state index in [4.69, 9.17) is 4.74 Å². The van der Waals surface area contributed by atoms with Gasteiger partial charge in [-0.2, -0.15) is 5.10 Å². The number of hydrogen-bond acceptors (Lipinski definition) is 6. The van der Waals surface area contributed by atoms with Crippen LogP contribution in [0.1, 0.15) is 37.6 Å². The number of aromatic nitrogens is 5. The van der Waals surface area contributed by atoms with Crippen molar-refractivity contribution in [3.63, 3.8) is 0 Å². The van der Waals surface area contributed by atoms with E-state index in [-0.39, 0.29) is 5.56 Å². The lowest BCUT2D eigenvalue weighted by molar-refractivity contribution is 0.183. The van der Waals surface area contributed by atoms with Crippen LogP contribution < -0.4 is 10.3 Å². The maximum Gasteiger partial charge on any atom is 0.258 e. The molecule has 0 amide bonds. The second-order valence-corrected chi connectivity index (χ2v) is 8.37. The van der Waals surface area contributed by atoms with E-state index in [0.717, 1.165) is 43.0 Å². The highest BCUT2D eigenvalue weighted by atomic mass is 16.5. The average molecular weight is 433 g/mol. The molecule has 4 aromatic heterocycles. The van der Waals surface area contributed by atoms with Crippen molar-refractivity contribution in [2.45, 2.75) is 39.5 Å². The first-order chi connectivity index (χ1) is 15.6. The Labute approximate surface area is 186 Å². The fourth-order valence-corrected chi connectivity index (χ4v) is 4.35. The number of pyridine rings is 1. The van der Waals surface area contributed by atoms with Gasteiger partial charge >= 0.3 is 0 Å². The molecule has 0 radical (unpaired) electrons. The molecule has 1 aliphatic rings. The molecule has 5 heterocycles. The normalized spacial score (nSPS) is 14.9. The predicted molar refractivity (Wildman–Crippen MR) is 123 cm³/mol. The topological polar surface area (TPSA) is 77.0 Å². The molecule has 5 rings (SSSR count). The van der Waals surface area contributed by atoms with Gasteiger partial charge in [-0.25, -0.2) is 9.50 Å². The summed E-state index contributed by atoms with van der Waals surface area (Å²) in [6, 6.07) is 7.16. The molecule has 1 fully saturated rings. The summed E-state index contributed by atoms with van der Waals surface area (Å²) >= 11 is 0. The van der Waals surface area contributed by atoms with E-state index in [2.05, 4.69) is 26.9 Å². The van der Waals surface area contributed by atoms with E-state index >= 15 is 0 Å². The second kappa shape index (κ2) is 8.70. The lowest BCUT2D eigenvalue weighted by atomic mass is 10.1. The number of hydrogen-bond donors (Lipinski definition) is 0. The van der Waals surface area contributed by atoms with Gasteiger partial charge in [-0.1, -0.05) is 13.3 Å². The molecule has 4 aromatic rings. The lowest BCUT2D eigenvalue weighted by Crippen LogP contribution is -2.33. The maximum absolute atomic E-state index is 12.9. The van der Waals surface area contributed by atoms with Gasteiger partial charge in [-0.15, -0.1) is 0 Å². The molecule has 8 heteroatoms. The smallest absolute Gasteiger partial charge is 0.258 e. The second-order valence-electron chi connectivity index (χ2n) is 8.37. The molecule has 0 N–H and O–H groups in total. The summed E-state index contributed by atoms with van der Waals surface area (Å²) in [7, 11) is 0. The predicted octanol–water partition coefficient (Wildman–Crippen LogP) is 3.14. The molecule has 0 atom stereocenters. The number of rotatable bonds is 6. The molecule has 0 unspecified atom stereocenters. The standard InChI is InChI=1S/C24H28N6O2/c1-3-19-22-13-21(27-30(22)15-17(2)25-19)20-14-24(31)29-16-18(7-8-23(29)26-20)32-12-11-28-9-5-4-6-10-28/h7-8,13-16H,3-6,9-12H2,1-2H3. The zero-order chi connectivity index (χ0) is 22.1. The van der Waals surface area contributed by atoms with Crippen LogP contribution in [0.25, 0.3) is 22.6 Å². The summed E-state index contributed by atoms with van der Waals surface area (Å²) in [6.07, 6.45) is 8.27. The lowest BCUT2D eigenvalue weighted by Gasteiger charge is -2.26. The van der Waals surface area contributed by atoms with E-state index in [1.54, 1.807) is 6.20 Å². The van der Waals surface area contributed by atoms with Crippen LogP contribution in [0.4, 0.5) is 0 Å². The van der Waals surface area contributed by atoms with Gasteiger partial charge in [0.05, 0.1) is 35.0 Å². The van der Waals surface area contributed by atoms with Gasteiger partial charge in [-0.05, 0) is 57.5 Å². The Hall–Kier alpha value is -3.26. The van der Waals surface area contributed by atoms with Crippen molar-refractivity contribution >= 4 is 11.2 Å². The maximum atomic E-state index is 12.9. The molecule has 32 heavy (non-hydrogen) atoms. The van der Waals surface area contributed by atoms with Crippen molar-refractivity contribution in [2.75, 3.05) is 26.2 Å². The van der Waals surface area contributed by atoms with Crippen LogP contribution >= 0.6 is 0 Å². The zero-order valence-electron chi connectivity index (χ0n) is 18.6. The molecule has 0 aliphatic carbocycles. The van der Waals surface area contributed by atoms with Gasteiger partial charge in [0, 0.05) is 12.6 Å². The van der Waals surface area contributed by atoms with Crippen LogP contribution in [0, 0.1) is 6.92 Å². The summed E-state index contributed by atoms with van der Waals surface area (Å²) in [5, 5.41) is 4.64. The average Bonchev–Trinajstić information content (AvgIpc) is 3.23. The minimum atomic E-state index is -0.159. The molecule has 0 spiro atoms. The summed E-state index contributed by atoms with van der Waals surface area (Å²) in [4.78, 5) is 24.6. The molecule has 0 aromatic carbocycles. The van der Waals surface area contributed by atoms with Crippen molar-refractivity contribution in [3.05, 3.63) is 58.4 Å². The quantitative estimate of drug-likeness (QED) is 0.466. The molecule has 166 valence electrons. The van der Waals surface area contributed by atoms with Gasteiger partial charge in [0.25, 0.3) is 5.56 Å². The van der Waals surface area contributed by atoms with Crippen LogP contribution in [0.3, 0.4) is 0 Å². The van der Waals surface area contributed by atoms with Crippen LogP contribution in [0.5, 0.6) is 5.75 Å². The fraction of sp³-hybridized carbons (Fsp3) is 0.417. The molecule has 8 nitrogen and oxygen atoms in total. The van der Waals surface area contributed by atoms with Crippen LogP contribution in [0.15, 0.2) is 41.5 Å². The van der Waals surface area contributed by atoms with Crippen molar-refractivity contribution in [1.29, 1.82) is 0 Å². The van der Waals surface area contributed by atoms with E-state index < -0.39 is 0 Å². The molecule has 0 saturated carbocycles. The van der Waals surface area contributed by atoms with Crippen LogP contribution in [-0.2, 0) is 6.42 Å². The summed E-state index contributed by atoms with van der Waals surface area (Å²) in [5.41, 5.74) is 4.45. The largest absolute Gasteiger partial charge is 0.491 e. The van der Waals surface area contributed by atoms with Crippen LogP contribution in [0.2, 0.25) is 0 Å². The molecule has 0 bridgehead atoms. The highest BCUT2D eigenvalue weighted by Gasteiger charge is 2.13. The Kier molecular flexibility index (Phi) is 5.61. The third kappa shape index (κ3) is 4.10. The number of likely N-dealkylation sites (tertiary alicyclic amines) is 1. The van der Waals surface area contributed by atoms with E-state index in [1.807, 2.05) is 35.8 Å². The minimum absolute atomic E-state index is 0.159. The SMILES string of the molecule is CCc1nc(C)cn2nc(-c3cc(=O)n4cc(OCCN5CCCCC5)ccc4n3)cc12. The Morgan fingerprint density at radius 3 is 2.69 bits per heavy atom. The van der Waals surface area contributed by atoms with Gasteiger partial charge in [0.1, 0.15) is 23.7 Å². The summed E-state index contributed by atoms with van der Waals surface area (Å²) in [5.74, 6) is 0.674. The van der Waals surface area contributed by atoms with E-state index in [0.29, 0.717) is 29.4 Å². The zero-order valence-corrected chi connectivity index (χ0v) is 18.6. The Morgan fingerprint density at radius 2 is 1.88 bits per heavy atom. The number of fused-ring (bicyclic) bond motifs is 2. The van der Waals surface area contributed by atoms with Crippen molar-refractivity contribution in [3.8, 4) is 17.1 Å². The first-order valence-corrected chi connectivity index (χ1v) is 11.4. The fourth-order valence-electron chi connectivity index (χ4n) is 4.35. The third-order valence-corrected chi connectivity index (χ3v) is 6.01. The first kappa shape index (κ1) is 20.6. The Bertz CT molecular complexity index is 1320. The summed E-state index contributed by atoms with van der Waals surface area (Å²) < 4.78 is 9.26. The number of piperidine rings is 1. The molecular formula is C24H28N6O2. The monoisotopic (exact) mass is 432 g/mol. The highest BCUT2D eigenvalue weighted by Crippen LogP contribution is 2.21. The first-order valence-electron chi connectivity index (χ1n) is 11.4. The van der Waals surface area contributed by atoms with Crippen molar-refractivity contribution in [1.82, 2.24) is 28.9 Å².